The van der Waals surface area contributed by atoms with E-state index in [2.05, 4.69) is 0 Å². The predicted molar refractivity (Wildman–Crippen MR) is 54.0 cm³/mol. The number of hydrogen-bond donors (Lipinski definition) is 2. The lowest BCUT2D eigenvalue weighted by atomic mass is 10.2. The van der Waals surface area contributed by atoms with Gasteiger partial charge in [0.25, 0.3) is 0 Å². The Labute approximate surface area is 86.2 Å². The minimum absolute atomic E-state index is 0.0168. The van der Waals surface area contributed by atoms with E-state index in [4.69, 9.17) is 27.2 Å². The first-order chi connectivity index (χ1) is 6.56. The molecule has 1 aromatic rings. The minimum atomic E-state index is -1.11. The molecule has 0 heterocycles. The zero-order valence-corrected chi connectivity index (χ0v) is 8.34. The molecule has 76 valence electrons. The molecule has 0 aliphatic heterocycles. The number of ether oxygens (including phenoxy) is 1. The summed E-state index contributed by atoms with van der Waals surface area (Å²) in [5, 5.41) is 9.06. The lowest BCUT2D eigenvalue weighted by Gasteiger charge is -2.09. The second-order valence-corrected chi connectivity index (χ2v) is 3.02. The number of carboxylic acids is 1. The standard InChI is InChI=1S/C9H10ClNO3/c1-2-14-8-6(9(12)13)3-5(11)4-7(8)10/h3-4H,2,11H2,1H3,(H,12,13). The zero-order chi connectivity index (χ0) is 10.7. The molecule has 0 bridgehead atoms. The van der Waals surface area contributed by atoms with Crippen molar-refractivity contribution in [2.24, 2.45) is 0 Å². The quantitative estimate of drug-likeness (QED) is 0.757. The molecule has 0 unspecified atom stereocenters. The van der Waals surface area contributed by atoms with Gasteiger partial charge in [-0.2, -0.15) is 0 Å². The van der Waals surface area contributed by atoms with Crippen molar-refractivity contribution in [3.05, 3.63) is 22.7 Å². The summed E-state index contributed by atoms with van der Waals surface area (Å²) < 4.78 is 5.12. The number of halogens is 1. The first-order valence-electron chi connectivity index (χ1n) is 4.01. The van der Waals surface area contributed by atoms with E-state index in [0.717, 1.165) is 0 Å². The SMILES string of the molecule is CCOc1c(Cl)cc(N)cc1C(=O)O. The molecule has 0 aliphatic rings. The Bertz CT molecular complexity index is 365. The number of rotatable bonds is 3. The maximum absolute atomic E-state index is 10.8. The van der Waals surface area contributed by atoms with Crippen LogP contribution in [0, 0.1) is 0 Å². The molecule has 1 aromatic carbocycles. The summed E-state index contributed by atoms with van der Waals surface area (Å²) in [6.07, 6.45) is 0. The number of nitrogen functional groups attached to an aromatic ring is 1. The second-order valence-electron chi connectivity index (χ2n) is 2.62. The molecular formula is C9H10ClNO3. The minimum Gasteiger partial charge on any atom is -0.491 e. The fourth-order valence-electron chi connectivity index (χ4n) is 1.06. The van der Waals surface area contributed by atoms with Crippen LogP contribution in [0.3, 0.4) is 0 Å². The summed E-state index contributed by atoms with van der Waals surface area (Å²) in [6.45, 7) is 2.10. The number of nitrogens with two attached hydrogens (primary N) is 1. The molecule has 5 heteroatoms. The molecule has 0 atom stereocenters. The van der Waals surface area contributed by atoms with Gasteiger partial charge in [-0.1, -0.05) is 11.6 Å². The molecule has 0 fully saturated rings. The molecule has 14 heavy (non-hydrogen) atoms. The number of carboxylic acid groups (broad SMARTS) is 1. The van der Waals surface area contributed by atoms with Gasteiger partial charge in [-0.05, 0) is 19.1 Å². The normalized spacial score (nSPS) is 9.86. The van der Waals surface area contributed by atoms with Gasteiger partial charge in [-0.15, -0.1) is 0 Å². The largest absolute Gasteiger partial charge is 0.491 e. The lowest BCUT2D eigenvalue weighted by Crippen LogP contribution is -2.04. The highest BCUT2D eigenvalue weighted by atomic mass is 35.5. The highest BCUT2D eigenvalue weighted by Gasteiger charge is 2.15. The van der Waals surface area contributed by atoms with Crippen LogP contribution in [0.25, 0.3) is 0 Å². The predicted octanol–water partition coefficient (Wildman–Crippen LogP) is 2.02. The lowest BCUT2D eigenvalue weighted by molar-refractivity contribution is 0.0692. The van der Waals surface area contributed by atoms with E-state index in [-0.39, 0.29) is 16.3 Å². The summed E-state index contributed by atoms with van der Waals surface area (Å²) in [6, 6.07) is 2.78. The van der Waals surface area contributed by atoms with Crippen molar-refractivity contribution in [3.63, 3.8) is 0 Å². The van der Waals surface area contributed by atoms with Crippen molar-refractivity contribution in [2.75, 3.05) is 12.3 Å². The highest BCUT2D eigenvalue weighted by Crippen LogP contribution is 2.31. The van der Waals surface area contributed by atoms with Crippen molar-refractivity contribution in [3.8, 4) is 5.75 Å². The number of hydrogen-bond acceptors (Lipinski definition) is 3. The Balaban J connectivity index is 3.28. The Kier molecular flexibility index (Phi) is 3.19. The van der Waals surface area contributed by atoms with Crippen molar-refractivity contribution >= 4 is 23.3 Å². The third-order valence-electron chi connectivity index (χ3n) is 1.59. The van der Waals surface area contributed by atoms with E-state index in [0.29, 0.717) is 12.3 Å². The number of carbonyl (C=O) groups is 1. The molecule has 0 saturated carbocycles. The summed E-state index contributed by atoms with van der Waals surface area (Å²) >= 11 is 5.79. The van der Waals surface area contributed by atoms with E-state index in [9.17, 15) is 4.79 Å². The first kappa shape index (κ1) is 10.7. The highest BCUT2D eigenvalue weighted by molar-refractivity contribution is 6.33. The molecule has 0 aliphatic carbocycles. The molecule has 0 spiro atoms. The van der Waals surface area contributed by atoms with Crippen LogP contribution in [0.15, 0.2) is 12.1 Å². The van der Waals surface area contributed by atoms with Crippen LogP contribution in [-0.2, 0) is 0 Å². The maximum atomic E-state index is 10.8. The number of anilines is 1. The van der Waals surface area contributed by atoms with Gasteiger partial charge in [0.05, 0.1) is 11.6 Å². The average Bonchev–Trinajstić information content (AvgIpc) is 2.09. The molecule has 0 radical (unpaired) electrons. The van der Waals surface area contributed by atoms with Crippen LogP contribution in [0.1, 0.15) is 17.3 Å². The molecule has 0 amide bonds. The molecule has 4 nitrogen and oxygen atoms in total. The monoisotopic (exact) mass is 215 g/mol. The smallest absolute Gasteiger partial charge is 0.339 e. The molecule has 1 rings (SSSR count). The van der Waals surface area contributed by atoms with Gasteiger partial charge >= 0.3 is 5.97 Å². The van der Waals surface area contributed by atoms with Crippen LogP contribution in [0.2, 0.25) is 5.02 Å². The van der Waals surface area contributed by atoms with Gasteiger partial charge in [-0.3, -0.25) is 0 Å². The first-order valence-corrected chi connectivity index (χ1v) is 4.39. The zero-order valence-electron chi connectivity index (χ0n) is 7.58. The Morgan fingerprint density at radius 1 is 1.64 bits per heavy atom. The topological polar surface area (TPSA) is 72.5 Å². The average molecular weight is 216 g/mol. The van der Waals surface area contributed by atoms with Crippen molar-refractivity contribution in [2.45, 2.75) is 6.92 Å². The summed E-state index contributed by atoms with van der Waals surface area (Å²) in [7, 11) is 0. The van der Waals surface area contributed by atoms with Gasteiger partial charge in [-0.25, -0.2) is 4.79 Å². The van der Waals surface area contributed by atoms with Gasteiger partial charge < -0.3 is 15.6 Å². The van der Waals surface area contributed by atoms with Crippen molar-refractivity contribution < 1.29 is 14.6 Å². The fraction of sp³-hybridized carbons (Fsp3) is 0.222. The molecule has 3 N–H and O–H groups in total. The van der Waals surface area contributed by atoms with Gasteiger partial charge in [0.1, 0.15) is 5.56 Å². The van der Waals surface area contributed by atoms with Crippen LogP contribution in [-0.4, -0.2) is 17.7 Å². The van der Waals surface area contributed by atoms with Crippen molar-refractivity contribution in [1.82, 2.24) is 0 Å². The molecule has 0 saturated heterocycles. The van der Waals surface area contributed by atoms with E-state index in [1.54, 1.807) is 6.92 Å². The van der Waals surface area contributed by atoms with E-state index in [1.807, 2.05) is 0 Å². The van der Waals surface area contributed by atoms with Crippen LogP contribution >= 0.6 is 11.6 Å². The Morgan fingerprint density at radius 3 is 2.79 bits per heavy atom. The third-order valence-corrected chi connectivity index (χ3v) is 1.87. The molecular weight excluding hydrogens is 206 g/mol. The fourth-order valence-corrected chi connectivity index (χ4v) is 1.35. The second kappa shape index (κ2) is 4.19. The Morgan fingerprint density at radius 2 is 2.29 bits per heavy atom. The van der Waals surface area contributed by atoms with Crippen LogP contribution < -0.4 is 10.5 Å². The van der Waals surface area contributed by atoms with Gasteiger partial charge in [0.2, 0.25) is 0 Å². The van der Waals surface area contributed by atoms with E-state index >= 15 is 0 Å². The van der Waals surface area contributed by atoms with Crippen LogP contribution in [0.4, 0.5) is 5.69 Å². The molecule has 0 aromatic heterocycles. The summed E-state index contributed by atoms with van der Waals surface area (Å²) in [4.78, 5) is 10.8. The van der Waals surface area contributed by atoms with Gasteiger partial charge in [0, 0.05) is 5.69 Å². The number of benzene rings is 1. The Hall–Kier alpha value is -1.42. The number of aromatic carboxylic acids is 1. The third kappa shape index (κ3) is 2.09. The van der Waals surface area contributed by atoms with E-state index < -0.39 is 5.97 Å². The summed E-state index contributed by atoms with van der Waals surface area (Å²) in [5.41, 5.74) is 5.74. The van der Waals surface area contributed by atoms with Crippen LogP contribution in [0.5, 0.6) is 5.75 Å². The maximum Gasteiger partial charge on any atom is 0.339 e. The van der Waals surface area contributed by atoms with Crippen molar-refractivity contribution in [1.29, 1.82) is 0 Å². The van der Waals surface area contributed by atoms with E-state index in [1.165, 1.54) is 12.1 Å². The summed E-state index contributed by atoms with van der Waals surface area (Å²) in [5.74, 6) is -0.946. The van der Waals surface area contributed by atoms with Gasteiger partial charge in [0.15, 0.2) is 5.75 Å².